The Balaban J connectivity index is 2.21. The Labute approximate surface area is 123 Å². The maximum absolute atomic E-state index is 10.7. The topological polar surface area (TPSA) is 84.6 Å². The maximum Gasteiger partial charge on any atom is 0.335 e. The highest BCUT2D eigenvalue weighted by molar-refractivity contribution is 5.82. The Morgan fingerprint density at radius 3 is 2.62 bits per heavy atom. The summed E-state index contributed by atoms with van der Waals surface area (Å²) in [5.41, 5.74) is 1.75. The molecule has 0 aliphatic carbocycles. The van der Waals surface area contributed by atoms with E-state index in [0.29, 0.717) is 0 Å². The summed E-state index contributed by atoms with van der Waals surface area (Å²) in [5.74, 6) is -1.29. The van der Waals surface area contributed by atoms with Crippen molar-refractivity contribution in [1.29, 1.82) is 0 Å². The Kier molecular flexibility index (Phi) is 4.59. The van der Waals surface area contributed by atoms with Crippen LogP contribution in [0.5, 0.6) is 0 Å². The molecule has 21 heavy (non-hydrogen) atoms. The van der Waals surface area contributed by atoms with Crippen LogP contribution in [0.3, 0.4) is 0 Å². The fraction of sp³-hybridized carbons (Fsp3) is 0.467. The van der Waals surface area contributed by atoms with Crippen LogP contribution in [0.2, 0.25) is 0 Å². The zero-order chi connectivity index (χ0) is 15.6. The molecule has 0 saturated carbocycles. The van der Waals surface area contributed by atoms with Gasteiger partial charge in [0.1, 0.15) is 0 Å². The quantitative estimate of drug-likeness (QED) is 0.850. The van der Waals surface area contributed by atoms with E-state index in [9.17, 15) is 9.90 Å². The van der Waals surface area contributed by atoms with E-state index in [1.165, 1.54) is 6.92 Å². The van der Waals surface area contributed by atoms with Gasteiger partial charge in [0.05, 0.1) is 23.9 Å². The van der Waals surface area contributed by atoms with Crippen molar-refractivity contribution in [1.82, 2.24) is 9.78 Å². The van der Waals surface area contributed by atoms with Gasteiger partial charge in [0.2, 0.25) is 0 Å². The standard InChI is InChI=1S/C15H20N2O4/c1-9(2)17-13-7-5-4-6-11(13)12(16-17)8-21-10(3)14(18)15(19)20/h4-7,9-10,14,18H,8H2,1-3H3,(H,19,20). The summed E-state index contributed by atoms with van der Waals surface area (Å²) in [4.78, 5) is 10.7. The van der Waals surface area contributed by atoms with Gasteiger partial charge in [0.15, 0.2) is 6.10 Å². The van der Waals surface area contributed by atoms with Gasteiger partial charge in [-0.25, -0.2) is 4.79 Å². The molecule has 2 unspecified atom stereocenters. The number of fused-ring (bicyclic) bond motifs is 1. The van der Waals surface area contributed by atoms with Gasteiger partial charge in [-0.3, -0.25) is 4.68 Å². The highest BCUT2D eigenvalue weighted by atomic mass is 16.5. The van der Waals surface area contributed by atoms with Crippen LogP contribution in [0.25, 0.3) is 10.9 Å². The van der Waals surface area contributed by atoms with Crippen LogP contribution in [0.1, 0.15) is 32.5 Å². The van der Waals surface area contributed by atoms with Crippen molar-refractivity contribution in [3.63, 3.8) is 0 Å². The van der Waals surface area contributed by atoms with Crippen LogP contribution in [0.4, 0.5) is 0 Å². The zero-order valence-electron chi connectivity index (χ0n) is 12.4. The number of hydrogen-bond donors (Lipinski definition) is 2. The van der Waals surface area contributed by atoms with E-state index in [-0.39, 0.29) is 12.6 Å². The largest absolute Gasteiger partial charge is 0.479 e. The maximum atomic E-state index is 10.7. The lowest BCUT2D eigenvalue weighted by molar-refractivity contribution is -0.155. The summed E-state index contributed by atoms with van der Waals surface area (Å²) < 4.78 is 7.35. The van der Waals surface area contributed by atoms with Gasteiger partial charge in [0, 0.05) is 11.4 Å². The Morgan fingerprint density at radius 1 is 1.33 bits per heavy atom. The van der Waals surface area contributed by atoms with E-state index >= 15 is 0 Å². The number of carbonyl (C=O) groups is 1. The second-order valence-corrected chi connectivity index (χ2v) is 5.30. The summed E-state index contributed by atoms with van der Waals surface area (Å²) in [6.45, 7) is 5.77. The first-order valence-electron chi connectivity index (χ1n) is 6.90. The van der Waals surface area contributed by atoms with Crippen molar-refractivity contribution >= 4 is 16.9 Å². The molecular weight excluding hydrogens is 272 g/mol. The molecule has 0 saturated heterocycles. The van der Waals surface area contributed by atoms with E-state index in [1.54, 1.807) is 0 Å². The molecule has 2 atom stereocenters. The summed E-state index contributed by atoms with van der Waals surface area (Å²) in [6.07, 6.45) is -2.34. The molecule has 6 nitrogen and oxygen atoms in total. The molecule has 2 rings (SSSR count). The zero-order valence-corrected chi connectivity index (χ0v) is 12.4. The van der Waals surface area contributed by atoms with Gasteiger partial charge in [-0.1, -0.05) is 18.2 Å². The Bertz CT molecular complexity index is 636. The molecule has 0 aliphatic rings. The van der Waals surface area contributed by atoms with Crippen molar-refractivity contribution < 1.29 is 19.7 Å². The molecule has 6 heteroatoms. The second kappa shape index (κ2) is 6.24. The molecule has 0 radical (unpaired) electrons. The number of aliphatic carboxylic acids is 1. The molecule has 0 amide bonds. The number of ether oxygens (including phenoxy) is 1. The smallest absolute Gasteiger partial charge is 0.335 e. The molecule has 2 N–H and O–H groups in total. The lowest BCUT2D eigenvalue weighted by Gasteiger charge is -2.15. The van der Waals surface area contributed by atoms with E-state index in [0.717, 1.165) is 16.6 Å². The molecule has 0 fully saturated rings. The first kappa shape index (κ1) is 15.5. The number of para-hydroxylation sites is 1. The van der Waals surface area contributed by atoms with E-state index in [4.69, 9.17) is 9.84 Å². The van der Waals surface area contributed by atoms with Crippen LogP contribution in [-0.4, -0.2) is 38.2 Å². The highest BCUT2D eigenvalue weighted by Crippen LogP contribution is 2.22. The van der Waals surface area contributed by atoms with Crippen LogP contribution < -0.4 is 0 Å². The molecule has 2 aromatic rings. The summed E-state index contributed by atoms with van der Waals surface area (Å²) in [7, 11) is 0. The van der Waals surface area contributed by atoms with Crippen LogP contribution >= 0.6 is 0 Å². The van der Waals surface area contributed by atoms with Gasteiger partial charge < -0.3 is 14.9 Å². The summed E-state index contributed by atoms with van der Waals surface area (Å²) >= 11 is 0. The minimum absolute atomic E-state index is 0.158. The fourth-order valence-corrected chi connectivity index (χ4v) is 2.16. The van der Waals surface area contributed by atoms with Gasteiger partial charge in [-0.05, 0) is 26.8 Å². The SMILES string of the molecule is CC(OCc1nn(C(C)C)c2ccccc12)C(O)C(=O)O. The Hall–Kier alpha value is -1.92. The Morgan fingerprint density at radius 2 is 2.00 bits per heavy atom. The van der Waals surface area contributed by atoms with Gasteiger partial charge in [-0.2, -0.15) is 5.10 Å². The van der Waals surface area contributed by atoms with Crippen molar-refractivity contribution in [3.8, 4) is 0 Å². The number of aromatic nitrogens is 2. The summed E-state index contributed by atoms with van der Waals surface area (Å²) in [6, 6.07) is 8.03. The van der Waals surface area contributed by atoms with Crippen molar-refractivity contribution in [2.45, 2.75) is 45.6 Å². The van der Waals surface area contributed by atoms with Gasteiger partial charge in [-0.15, -0.1) is 0 Å². The first-order chi connectivity index (χ1) is 9.91. The van der Waals surface area contributed by atoms with Crippen molar-refractivity contribution in [3.05, 3.63) is 30.0 Å². The predicted molar refractivity (Wildman–Crippen MR) is 78.0 cm³/mol. The van der Waals surface area contributed by atoms with Crippen LogP contribution in [-0.2, 0) is 16.1 Å². The number of hydrogen-bond acceptors (Lipinski definition) is 4. The molecule has 1 aromatic heterocycles. The first-order valence-corrected chi connectivity index (χ1v) is 6.90. The van der Waals surface area contributed by atoms with Crippen molar-refractivity contribution in [2.75, 3.05) is 0 Å². The number of rotatable bonds is 6. The molecule has 114 valence electrons. The second-order valence-electron chi connectivity index (χ2n) is 5.30. The molecule has 1 heterocycles. The third-order valence-electron chi connectivity index (χ3n) is 3.36. The lowest BCUT2D eigenvalue weighted by Crippen LogP contribution is -2.33. The van der Waals surface area contributed by atoms with E-state index in [2.05, 4.69) is 5.10 Å². The monoisotopic (exact) mass is 292 g/mol. The highest BCUT2D eigenvalue weighted by Gasteiger charge is 2.23. The molecule has 0 spiro atoms. The average molecular weight is 292 g/mol. The predicted octanol–water partition coefficient (Wildman–Crippen LogP) is 1.97. The number of aliphatic hydroxyl groups excluding tert-OH is 1. The number of carboxylic acid groups (broad SMARTS) is 1. The fourth-order valence-electron chi connectivity index (χ4n) is 2.16. The van der Waals surface area contributed by atoms with E-state index in [1.807, 2.05) is 42.8 Å². The number of nitrogens with zero attached hydrogens (tertiary/aromatic N) is 2. The molecule has 0 aliphatic heterocycles. The third kappa shape index (κ3) is 3.22. The number of benzene rings is 1. The normalized spacial score (nSPS) is 14.5. The molecule has 0 bridgehead atoms. The lowest BCUT2D eigenvalue weighted by atomic mass is 10.2. The minimum Gasteiger partial charge on any atom is -0.479 e. The average Bonchev–Trinajstić information content (AvgIpc) is 2.83. The molecular formula is C15H20N2O4. The van der Waals surface area contributed by atoms with E-state index < -0.39 is 18.2 Å². The third-order valence-corrected chi connectivity index (χ3v) is 3.36. The number of aliphatic hydroxyl groups is 1. The molecule has 1 aromatic carbocycles. The van der Waals surface area contributed by atoms with Crippen LogP contribution in [0.15, 0.2) is 24.3 Å². The van der Waals surface area contributed by atoms with Crippen molar-refractivity contribution in [2.24, 2.45) is 0 Å². The van der Waals surface area contributed by atoms with Gasteiger partial charge in [0.25, 0.3) is 0 Å². The summed E-state index contributed by atoms with van der Waals surface area (Å²) in [5, 5.41) is 23.7. The van der Waals surface area contributed by atoms with Gasteiger partial charge >= 0.3 is 5.97 Å². The minimum atomic E-state index is -1.54. The number of carboxylic acids is 1. The van der Waals surface area contributed by atoms with Crippen LogP contribution in [0, 0.1) is 0 Å².